The van der Waals surface area contributed by atoms with Crippen LogP contribution in [0.25, 0.3) is 0 Å². The molecule has 3 heteroatoms. The molecule has 0 aliphatic carbocycles. The monoisotopic (exact) mass is 212 g/mol. The van der Waals surface area contributed by atoms with Crippen molar-refractivity contribution in [3.8, 4) is 0 Å². The smallest absolute Gasteiger partial charge is 0.317 e. The van der Waals surface area contributed by atoms with Crippen molar-refractivity contribution in [3.05, 3.63) is 0 Å². The van der Waals surface area contributed by atoms with Gasteiger partial charge in [0.2, 0.25) is 0 Å². The molecular weight excluding hydrogens is 192 g/mol. The van der Waals surface area contributed by atoms with E-state index in [0.29, 0.717) is 6.42 Å². The zero-order valence-electron chi connectivity index (χ0n) is 9.46. The molecule has 0 radical (unpaired) electrons. The highest BCUT2D eigenvalue weighted by molar-refractivity contribution is 6.04. The molecule has 0 aromatic rings. The molecular formula is C12H20O3. The van der Waals surface area contributed by atoms with Crippen LogP contribution < -0.4 is 0 Å². The Morgan fingerprint density at radius 3 is 2.40 bits per heavy atom. The molecule has 0 saturated carbocycles. The number of carbonyl (C=O) groups is 2. The molecule has 1 aliphatic heterocycles. The van der Waals surface area contributed by atoms with Crippen molar-refractivity contribution in [3.63, 3.8) is 0 Å². The summed E-state index contributed by atoms with van der Waals surface area (Å²) < 4.78 is 4.68. The minimum atomic E-state index is -0.448. The molecule has 1 atom stereocenters. The molecule has 15 heavy (non-hydrogen) atoms. The molecule has 1 fully saturated rings. The fourth-order valence-corrected chi connectivity index (χ4v) is 1.88. The first kappa shape index (κ1) is 12.2. The van der Waals surface area contributed by atoms with Crippen molar-refractivity contribution in [2.75, 3.05) is 6.61 Å². The SMILES string of the molecule is CCCCCCCCC1C(=O)COC1=O. The largest absolute Gasteiger partial charge is 0.457 e. The molecule has 0 spiro atoms. The molecule has 0 N–H and O–H groups in total. The van der Waals surface area contributed by atoms with Gasteiger partial charge >= 0.3 is 5.97 Å². The Bertz CT molecular complexity index is 207. The van der Waals surface area contributed by atoms with E-state index < -0.39 is 5.92 Å². The van der Waals surface area contributed by atoms with Gasteiger partial charge in [0.05, 0.1) is 0 Å². The van der Waals surface area contributed by atoms with Gasteiger partial charge in [0.15, 0.2) is 12.4 Å². The van der Waals surface area contributed by atoms with Gasteiger partial charge in [-0.15, -0.1) is 0 Å². The van der Waals surface area contributed by atoms with Gasteiger partial charge in [-0.05, 0) is 6.42 Å². The lowest BCUT2D eigenvalue weighted by Gasteiger charge is -2.03. The molecule has 0 aromatic heterocycles. The second-order valence-corrected chi connectivity index (χ2v) is 4.18. The number of ketones is 1. The van der Waals surface area contributed by atoms with Crippen LogP contribution in [0.5, 0.6) is 0 Å². The van der Waals surface area contributed by atoms with E-state index in [-0.39, 0.29) is 18.4 Å². The molecule has 86 valence electrons. The van der Waals surface area contributed by atoms with Gasteiger partial charge in [0, 0.05) is 0 Å². The predicted octanol–water partition coefficient (Wildman–Crippen LogP) is 2.48. The van der Waals surface area contributed by atoms with Gasteiger partial charge in [-0.25, -0.2) is 0 Å². The number of ether oxygens (including phenoxy) is 1. The zero-order valence-corrected chi connectivity index (χ0v) is 9.46. The van der Waals surface area contributed by atoms with Gasteiger partial charge in [-0.1, -0.05) is 45.4 Å². The van der Waals surface area contributed by atoms with Crippen LogP contribution in [0.15, 0.2) is 0 Å². The Labute approximate surface area is 91.2 Å². The van der Waals surface area contributed by atoms with Gasteiger partial charge in [0.1, 0.15) is 5.92 Å². The summed E-state index contributed by atoms with van der Waals surface area (Å²) in [7, 11) is 0. The fraction of sp³-hybridized carbons (Fsp3) is 0.833. The molecule has 1 unspecified atom stereocenters. The molecule has 0 aromatic carbocycles. The molecule has 0 amide bonds. The standard InChI is InChI=1S/C12H20O3/c1-2-3-4-5-6-7-8-10-11(13)9-15-12(10)14/h10H,2-9H2,1H3. The van der Waals surface area contributed by atoms with E-state index >= 15 is 0 Å². The molecule has 1 aliphatic rings. The van der Waals surface area contributed by atoms with Gasteiger partial charge in [-0.3, -0.25) is 9.59 Å². The Morgan fingerprint density at radius 2 is 1.80 bits per heavy atom. The summed E-state index contributed by atoms with van der Waals surface area (Å²) >= 11 is 0. The van der Waals surface area contributed by atoms with Crippen LogP contribution in [-0.4, -0.2) is 18.4 Å². The van der Waals surface area contributed by atoms with Crippen molar-refractivity contribution < 1.29 is 14.3 Å². The first-order valence-electron chi connectivity index (χ1n) is 5.95. The van der Waals surface area contributed by atoms with E-state index in [1.165, 1.54) is 25.7 Å². The van der Waals surface area contributed by atoms with Crippen LogP contribution in [0, 0.1) is 5.92 Å². The van der Waals surface area contributed by atoms with Crippen LogP contribution in [0.2, 0.25) is 0 Å². The topological polar surface area (TPSA) is 43.4 Å². The minimum Gasteiger partial charge on any atom is -0.457 e. The average molecular weight is 212 g/mol. The lowest BCUT2D eigenvalue weighted by Crippen LogP contribution is -2.14. The van der Waals surface area contributed by atoms with Crippen LogP contribution in [0.3, 0.4) is 0 Å². The number of Topliss-reactive ketones (excluding diaryl/α,β-unsaturated/α-hetero) is 1. The van der Waals surface area contributed by atoms with Crippen LogP contribution in [-0.2, 0) is 14.3 Å². The Hall–Kier alpha value is -0.860. The Kier molecular flexibility index (Phi) is 5.37. The van der Waals surface area contributed by atoms with Gasteiger partial charge in [-0.2, -0.15) is 0 Å². The van der Waals surface area contributed by atoms with Crippen molar-refractivity contribution >= 4 is 11.8 Å². The lowest BCUT2D eigenvalue weighted by molar-refractivity contribution is -0.141. The highest BCUT2D eigenvalue weighted by Crippen LogP contribution is 2.18. The van der Waals surface area contributed by atoms with E-state index in [4.69, 9.17) is 0 Å². The second kappa shape index (κ2) is 6.59. The molecule has 3 nitrogen and oxygen atoms in total. The highest BCUT2D eigenvalue weighted by Gasteiger charge is 2.34. The number of carbonyl (C=O) groups excluding carboxylic acids is 2. The maximum atomic E-state index is 11.2. The number of esters is 1. The summed E-state index contributed by atoms with van der Waals surface area (Å²) in [6.07, 6.45) is 7.78. The maximum absolute atomic E-state index is 11.2. The summed E-state index contributed by atoms with van der Waals surface area (Å²) in [5.41, 5.74) is 0. The summed E-state index contributed by atoms with van der Waals surface area (Å²) in [4.78, 5) is 22.3. The summed E-state index contributed by atoms with van der Waals surface area (Å²) in [6.45, 7) is 2.19. The third-order valence-electron chi connectivity index (χ3n) is 2.88. The van der Waals surface area contributed by atoms with E-state index in [9.17, 15) is 9.59 Å². The first-order chi connectivity index (χ1) is 7.25. The number of unbranched alkanes of at least 4 members (excludes halogenated alkanes) is 5. The quantitative estimate of drug-likeness (QED) is 0.370. The summed E-state index contributed by atoms with van der Waals surface area (Å²) in [5, 5.41) is 0. The number of hydrogen-bond donors (Lipinski definition) is 0. The highest BCUT2D eigenvalue weighted by atomic mass is 16.5. The number of rotatable bonds is 7. The zero-order chi connectivity index (χ0) is 11.1. The van der Waals surface area contributed by atoms with Gasteiger partial charge in [0.25, 0.3) is 0 Å². The lowest BCUT2D eigenvalue weighted by atomic mass is 9.98. The Morgan fingerprint density at radius 1 is 1.13 bits per heavy atom. The number of cyclic esters (lactones) is 1. The van der Waals surface area contributed by atoms with E-state index in [1.54, 1.807) is 0 Å². The minimum absolute atomic E-state index is 0.000660. The third-order valence-corrected chi connectivity index (χ3v) is 2.88. The maximum Gasteiger partial charge on any atom is 0.317 e. The predicted molar refractivity (Wildman–Crippen MR) is 57.4 cm³/mol. The van der Waals surface area contributed by atoms with Crippen molar-refractivity contribution in [2.45, 2.75) is 51.9 Å². The second-order valence-electron chi connectivity index (χ2n) is 4.18. The number of hydrogen-bond acceptors (Lipinski definition) is 3. The van der Waals surface area contributed by atoms with E-state index in [1.807, 2.05) is 0 Å². The van der Waals surface area contributed by atoms with Crippen molar-refractivity contribution in [1.82, 2.24) is 0 Å². The van der Waals surface area contributed by atoms with Crippen LogP contribution >= 0.6 is 0 Å². The van der Waals surface area contributed by atoms with Crippen molar-refractivity contribution in [1.29, 1.82) is 0 Å². The molecule has 1 saturated heterocycles. The average Bonchev–Trinajstić information content (AvgIpc) is 2.54. The van der Waals surface area contributed by atoms with E-state index in [0.717, 1.165) is 12.8 Å². The van der Waals surface area contributed by atoms with Gasteiger partial charge < -0.3 is 4.74 Å². The van der Waals surface area contributed by atoms with Crippen molar-refractivity contribution in [2.24, 2.45) is 5.92 Å². The summed E-state index contributed by atoms with van der Waals surface area (Å²) in [6, 6.07) is 0. The third kappa shape index (κ3) is 4.02. The molecule has 0 bridgehead atoms. The van der Waals surface area contributed by atoms with Crippen LogP contribution in [0.1, 0.15) is 51.9 Å². The summed E-state index contributed by atoms with van der Waals surface area (Å²) in [5.74, 6) is -0.793. The first-order valence-corrected chi connectivity index (χ1v) is 5.95. The van der Waals surface area contributed by atoms with Crippen LogP contribution in [0.4, 0.5) is 0 Å². The normalized spacial score (nSPS) is 20.7. The molecule has 1 rings (SSSR count). The Balaban J connectivity index is 2.04. The van der Waals surface area contributed by atoms with E-state index in [2.05, 4.69) is 11.7 Å². The fourth-order valence-electron chi connectivity index (χ4n) is 1.88. The molecule has 1 heterocycles.